The van der Waals surface area contributed by atoms with Crippen molar-refractivity contribution in [3.8, 4) is 0 Å². The summed E-state index contributed by atoms with van der Waals surface area (Å²) in [6.45, 7) is 14.9. The Morgan fingerprint density at radius 1 is 0.694 bits per heavy atom. The van der Waals surface area contributed by atoms with E-state index < -0.39 is 87.1 Å². The fraction of sp³-hybridized carbons (Fsp3) is 0.673. The van der Waals surface area contributed by atoms with Gasteiger partial charge in [-0.05, 0) is 82.8 Å². The van der Waals surface area contributed by atoms with Gasteiger partial charge in [-0.1, -0.05) is 88.4 Å². The largest absolute Gasteiger partial charge is 0.384 e. The topological polar surface area (TPSA) is 257 Å². The fourth-order valence-corrected chi connectivity index (χ4v) is 8.61. The van der Waals surface area contributed by atoms with Crippen molar-refractivity contribution in [3.63, 3.8) is 0 Å². The van der Waals surface area contributed by atoms with Crippen molar-refractivity contribution in [2.45, 2.75) is 141 Å². The summed E-state index contributed by atoms with van der Waals surface area (Å²) < 4.78 is 52.9. The zero-order chi connectivity index (χ0) is 53.5. The van der Waals surface area contributed by atoms with Gasteiger partial charge in [0.15, 0.2) is 11.6 Å². The highest BCUT2D eigenvalue weighted by atomic mass is 32.2. The van der Waals surface area contributed by atoms with Crippen molar-refractivity contribution in [3.05, 3.63) is 71.8 Å². The second kappa shape index (κ2) is 30.1. The molecule has 406 valence electrons. The van der Waals surface area contributed by atoms with Crippen LogP contribution in [0.1, 0.15) is 98.6 Å². The molecule has 0 saturated carbocycles. The molecule has 0 spiro atoms. The maximum absolute atomic E-state index is 14.4. The average Bonchev–Trinajstić information content (AvgIpc) is 3.31. The molecule has 1 saturated heterocycles. The zero-order valence-corrected chi connectivity index (χ0v) is 44.7. The van der Waals surface area contributed by atoms with E-state index in [1.807, 2.05) is 49.1 Å². The van der Waals surface area contributed by atoms with Crippen LogP contribution in [0.3, 0.4) is 0 Å². The van der Waals surface area contributed by atoms with Gasteiger partial charge in [0.25, 0.3) is 10.1 Å². The van der Waals surface area contributed by atoms with E-state index in [1.165, 1.54) is 14.0 Å². The van der Waals surface area contributed by atoms with Gasteiger partial charge < -0.3 is 50.4 Å². The molecule has 2 aromatic carbocycles. The maximum atomic E-state index is 14.4. The Morgan fingerprint density at radius 3 is 1.83 bits per heavy atom. The van der Waals surface area contributed by atoms with Gasteiger partial charge in [0.1, 0.15) is 30.3 Å². The van der Waals surface area contributed by atoms with E-state index in [1.54, 1.807) is 58.0 Å². The van der Waals surface area contributed by atoms with Crippen molar-refractivity contribution >= 4 is 39.5 Å². The number of hydrogen-bond acceptors (Lipinski definition) is 15. The Labute approximate surface area is 427 Å². The van der Waals surface area contributed by atoms with Crippen LogP contribution in [0, 0.1) is 11.8 Å². The molecule has 0 aliphatic carbocycles. The molecule has 1 fully saturated rings. The zero-order valence-electron chi connectivity index (χ0n) is 43.9. The molecule has 6 N–H and O–H groups in total. The minimum Gasteiger partial charge on any atom is -0.384 e. The third kappa shape index (κ3) is 24.1. The lowest BCUT2D eigenvalue weighted by Crippen LogP contribution is -2.60. The minimum atomic E-state index is -4.33. The van der Waals surface area contributed by atoms with Gasteiger partial charge in [-0.15, -0.1) is 0 Å². The maximum Gasteiger partial charge on any atom is 0.269 e. The first-order valence-corrected chi connectivity index (χ1v) is 26.6. The number of carbonyl (C=O) groups is 5. The second-order valence-corrected chi connectivity index (χ2v) is 22.2. The lowest BCUT2D eigenvalue weighted by molar-refractivity contribution is -0.205. The molecule has 1 heterocycles. The number of nitrogens with zero attached hydrogens (tertiary/aromatic N) is 1. The Hall–Kier alpha value is -4.38. The molecular formula is C52H83N5O14S. The van der Waals surface area contributed by atoms with Crippen molar-refractivity contribution in [1.29, 1.82) is 0 Å². The highest BCUT2D eigenvalue weighted by molar-refractivity contribution is 7.86. The highest BCUT2D eigenvalue weighted by Crippen LogP contribution is 2.20. The van der Waals surface area contributed by atoms with E-state index >= 15 is 0 Å². The van der Waals surface area contributed by atoms with Crippen LogP contribution in [-0.2, 0) is 70.1 Å². The highest BCUT2D eigenvalue weighted by Gasteiger charge is 2.40. The molecule has 20 heteroatoms. The van der Waals surface area contributed by atoms with E-state index in [4.69, 9.17) is 23.1 Å². The summed E-state index contributed by atoms with van der Waals surface area (Å²) in [6, 6.07) is 13.7. The Kier molecular flexibility index (Phi) is 25.9. The second-order valence-electron chi connectivity index (χ2n) is 20.5. The number of aryl methyl sites for hydroxylation is 1. The molecule has 6 atom stereocenters. The van der Waals surface area contributed by atoms with Crippen molar-refractivity contribution < 1.29 is 65.7 Å². The Balaban J connectivity index is 1.75. The van der Waals surface area contributed by atoms with E-state index in [0.717, 1.165) is 12.5 Å². The molecule has 3 rings (SSSR count). The molecule has 0 aromatic heterocycles. The third-order valence-corrected chi connectivity index (χ3v) is 13.2. The lowest BCUT2D eigenvalue weighted by atomic mass is 9.90. The third-order valence-electron chi connectivity index (χ3n) is 12.0. The first kappa shape index (κ1) is 61.9. The quantitative estimate of drug-likeness (QED) is 0.0435. The lowest BCUT2D eigenvalue weighted by Gasteiger charge is -2.31. The SMILES string of the molecule is COCCC(C)(O)OCCC(C)(C)OCCS(=O)(=O)OCC(C)(O)C(=O)[C@H](CC(C)C)NC(=O)[C@H](Cc1ccccc1)NC(=O)[C@H](CC(C)C)NC(=O)[C@H](CCc1ccccc1)NC(=O)CN1CCOCC1. The van der Waals surface area contributed by atoms with Gasteiger partial charge in [0.2, 0.25) is 23.6 Å². The molecule has 1 aliphatic rings. The van der Waals surface area contributed by atoms with Crippen LogP contribution >= 0.6 is 0 Å². The Bertz CT molecular complexity index is 2080. The number of methoxy groups -OCH3 is 1. The number of aliphatic hydroxyl groups is 2. The number of morpholine rings is 1. The van der Waals surface area contributed by atoms with Crippen LogP contribution < -0.4 is 21.3 Å². The predicted molar refractivity (Wildman–Crippen MR) is 272 cm³/mol. The first-order valence-electron chi connectivity index (χ1n) is 25.0. The molecule has 2 aromatic rings. The number of benzene rings is 2. The van der Waals surface area contributed by atoms with Crippen LogP contribution in [0.4, 0.5) is 0 Å². The number of ether oxygens (including phenoxy) is 4. The number of nitrogens with one attached hydrogen (secondary N) is 4. The van der Waals surface area contributed by atoms with Gasteiger partial charge in [-0.25, -0.2) is 0 Å². The van der Waals surface area contributed by atoms with Gasteiger partial charge in [0, 0.05) is 33.0 Å². The first-order chi connectivity index (χ1) is 33.8. The van der Waals surface area contributed by atoms with Crippen LogP contribution in [0.5, 0.6) is 0 Å². The molecule has 72 heavy (non-hydrogen) atoms. The van der Waals surface area contributed by atoms with Crippen LogP contribution in [-0.4, -0.2) is 166 Å². The van der Waals surface area contributed by atoms with Gasteiger partial charge in [-0.3, -0.25) is 33.1 Å². The molecule has 0 bridgehead atoms. The number of ketones is 1. The monoisotopic (exact) mass is 1030 g/mol. The van der Waals surface area contributed by atoms with Gasteiger partial charge in [-0.2, -0.15) is 8.42 Å². The van der Waals surface area contributed by atoms with Gasteiger partial charge in [0.05, 0.1) is 57.0 Å². The molecule has 2 unspecified atom stereocenters. The molecule has 19 nitrogen and oxygen atoms in total. The van der Waals surface area contributed by atoms with Crippen molar-refractivity contribution in [1.82, 2.24) is 26.2 Å². The number of rotatable bonds is 34. The summed E-state index contributed by atoms with van der Waals surface area (Å²) in [4.78, 5) is 72.3. The minimum absolute atomic E-state index is 0.0144. The number of carbonyl (C=O) groups excluding carboxylic acids is 5. The number of amides is 4. The summed E-state index contributed by atoms with van der Waals surface area (Å²) in [5.41, 5.74) is -1.60. The van der Waals surface area contributed by atoms with Crippen LogP contribution in [0.25, 0.3) is 0 Å². The summed E-state index contributed by atoms with van der Waals surface area (Å²) in [6.07, 6.45) is 1.50. The van der Waals surface area contributed by atoms with Crippen molar-refractivity contribution in [2.24, 2.45) is 11.8 Å². The molecule has 1 aliphatic heterocycles. The predicted octanol–water partition coefficient (Wildman–Crippen LogP) is 2.84. The summed E-state index contributed by atoms with van der Waals surface area (Å²) in [5, 5.41) is 33.1. The van der Waals surface area contributed by atoms with Gasteiger partial charge >= 0.3 is 0 Å². The summed E-state index contributed by atoms with van der Waals surface area (Å²) >= 11 is 0. The smallest absolute Gasteiger partial charge is 0.269 e. The van der Waals surface area contributed by atoms with E-state index in [0.29, 0.717) is 51.3 Å². The Morgan fingerprint density at radius 2 is 1.24 bits per heavy atom. The van der Waals surface area contributed by atoms with Crippen molar-refractivity contribution in [2.75, 3.05) is 72.1 Å². The van der Waals surface area contributed by atoms with E-state index in [9.17, 15) is 42.6 Å². The molecule has 0 radical (unpaired) electrons. The number of hydrogen-bond donors (Lipinski definition) is 6. The van der Waals surface area contributed by atoms with Crippen LogP contribution in [0.15, 0.2) is 60.7 Å². The normalized spacial score (nSPS) is 17.0. The standard InChI is InChI=1S/C52H83N5O14S/c1-37(2)32-42(46(59)51(7,63)36-71-72(65,66)31-30-69-50(5,6)22-27-70-52(8,64)23-26-67-9)54-49(62)44(34-40-18-14-11-15-19-40)56-48(61)43(33-38(3)4)55-47(60)41(21-20-39-16-12-10-13-17-39)53-45(58)35-57-24-28-68-29-25-57/h10-19,37-38,41-44,63-64H,20-36H2,1-9H3,(H,53,58)(H,54,62)(H,55,60)(H,56,61)/t41-,42-,43-,44-,51?,52?/m0/s1. The number of Topliss-reactive ketones (excluding diaryl/α,β-unsaturated/α-hetero) is 1. The van der Waals surface area contributed by atoms with Crippen LogP contribution in [0.2, 0.25) is 0 Å². The van der Waals surface area contributed by atoms with E-state index in [-0.39, 0.29) is 69.6 Å². The van der Waals surface area contributed by atoms with E-state index in [2.05, 4.69) is 21.3 Å². The molecule has 4 amide bonds. The average molecular weight is 1030 g/mol. The molecular weight excluding hydrogens is 951 g/mol. The fourth-order valence-electron chi connectivity index (χ4n) is 7.79. The summed E-state index contributed by atoms with van der Waals surface area (Å²) in [7, 11) is -2.82. The summed E-state index contributed by atoms with van der Waals surface area (Å²) in [5.74, 6) is -5.55.